The minimum absolute atomic E-state index is 0.232. The second-order valence-corrected chi connectivity index (χ2v) is 6.82. The maximum absolute atomic E-state index is 12.9. The fourth-order valence-corrected chi connectivity index (χ4v) is 3.41. The van der Waals surface area contributed by atoms with Crippen LogP contribution in [0, 0.1) is 13.8 Å². The van der Waals surface area contributed by atoms with Gasteiger partial charge in [0.15, 0.2) is 0 Å². The Morgan fingerprint density at radius 2 is 2.00 bits per heavy atom. The number of furan rings is 1. The molecule has 1 unspecified atom stereocenters. The molecule has 120 valence electrons. The van der Waals surface area contributed by atoms with Crippen molar-refractivity contribution >= 4 is 27.9 Å². The minimum atomic E-state index is -1.09. The number of hydrogen-bond acceptors (Lipinski definition) is 3. The summed E-state index contributed by atoms with van der Waals surface area (Å²) in [5, 5.41) is 2.80. The molecule has 1 saturated heterocycles. The van der Waals surface area contributed by atoms with E-state index in [1.54, 1.807) is 19.9 Å². The van der Waals surface area contributed by atoms with Crippen molar-refractivity contribution in [3.63, 3.8) is 0 Å². The van der Waals surface area contributed by atoms with E-state index in [2.05, 4.69) is 21.2 Å². The van der Waals surface area contributed by atoms with Crippen LogP contribution in [0.3, 0.4) is 0 Å². The third-order valence-electron chi connectivity index (χ3n) is 4.08. The van der Waals surface area contributed by atoms with Crippen molar-refractivity contribution in [3.05, 3.63) is 57.5 Å². The van der Waals surface area contributed by atoms with Crippen LogP contribution in [0.4, 0.5) is 4.79 Å². The van der Waals surface area contributed by atoms with Crippen LogP contribution in [0.5, 0.6) is 0 Å². The molecule has 1 N–H and O–H groups in total. The van der Waals surface area contributed by atoms with E-state index >= 15 is 0 Å². The molecule has 1 aliphatic rings. The summed E-state index contributed by atoms with van der Waals surface area (Å²) in [6.07, 6.45) is 0. The van der Waals surface area contributed by atoms with Crippen molar-refractivity contribution in [2.24, 2.45) is 0 Å². The third-order valence-corrected chi connectivity index (χ3v) is 4.58. The number of halogens is 1. The number of carbonyl (C=O) groups is 2. The Morgan fingerprint density at radius 3 is 2.61 bits per heavy atom. The zero-order valence-corrected chi connectivity index (χ0v) is 14.7. The molecule has 2 heterocycles. The van der Waals surface area contributed by atoms with Crippen molar-refractivity contribution < 1.29 is 14.0 Å². The van der Waals surface area contributed by atoms with Crippen LogP contribution in [0.25, 0.3) is 0 Å². The fourth-order valence-electron chi connectivity index (χ4n) is 2.97. The monoisotopic (exact) mass is 376 g/mol. The van der Waals surface area contributed by atoms with E-state index in [1.165, 1.54) is 4.90 Å². The summed E-state index contributed by atoms with van der Waals surface area (Å²) in [6, 6.07) is 8.96. The van der Waals surface area contributed by atoms with E-state index in [0.29, 0.717) is 17.1 Å². The van der Waals surface area contributed by atoms with Crippen LogP contribution >= 0.6 is 15.9 Å². The van der Waals surface area contributed by atoms with Gasteiger partial charge in [-0.2, -0.15) is 0 Å². The number of imide groups is 1. The van der Waals surface area contributed by atoms with Crippen molar-refractivity contribution in [1.29, 1.82) is 0 Å². The number of aryl methyl sites for hydroxylation is 2. The summed E-state index contributed by atoms with van der Waals surface area (Å²) >= 11 is 3.40. The molecule has 0 bridgehead atoms. The first-order chi connectivity index (χ1) is 10.8. The number of nitrogens with one attached hydrogen (secondary N) is 1. The number of urea groups is 1. The molecule has 1 aliphatic heterocycles. The van der Waals surface area contributed by atoms with Gasteiger partial charge in [0.2, 0.25) is 0 Å². The molecule has 3 amide bonds. The smallest absolute Gasteiger partial charge is 0.325 e. The zero-order chi connectivity index (χ0) is 16.8. The van der Waals surface area contributed by atoms with Gasteiger partial charge in [0.1, 0.15) is 17.1 Å². The van der Waals surface area contributed by atoms with Gasteiger partial charge in [-0.3, -0.25) is 9.69 Å². The number of hydrogen-bond donors (Lipinski definition) is 1. The highest BCUT2D eigenvalue weighted by Crippen LogP contribution is 2.33. The number of carbonyl (C=O) groups excluding carboxylic acids is 2. The first-order valence-corrected chi connectivity index (χ1v) is 8.06. The van der Waals surface area contributed by atoms with E-state index in [1.807, 2.05) is 31.2 Å². The third kappa shape index (κ3) is 2.67. The molecule has 3 rings (SSSR count). The van der Waals surface area contributed by atoms with E-state index in [4.69, 9.17) is 4.42 Å². The first-order valence-electron chi connectivity index (χ1n) is 7.27. The molecule has 6 heteroatoms. The quantitative estimate of drug-likeness (QED) is 0.831. The summed E-state index contributed by atoms with van der Waals surface area (Å²) in [7, 11) is 0. The second-order valence-electron chi connectivity index (χ2n) is 5.90. The Labute approximate surface area is 142 Å². The van der Waals surface area contributed by atoms with Gasteiger partial charge in [-0.1, -0.05) is 28.1 Å². The van der Waals surface area contributed by atoms with Crippen LogP contribution in [0.15, 0.2) is 39.2 Å². The standard InChI is InChI=1S/C17H17BrN2O3/c1-10-7-14(11(2)23-10)17(3)15(21)20(16(22)19-17)9-12-5-4-6-13(18)8-12/h4-8H,9H2,1-3H3,(H,19,22). The highest BCUT2D eigenvalue weighted by Gasteiger charge is 2.50. The van der Waals surface area contributed by atoms with Crippen LogP contribution < -0.4 is 5.32 Å². The molecule has 5 nitrogen and oxygen atoms in total. The lowest BCUT2D eigenvalue weighted by Gasteiger charge is -2.21. The lowest BCUT2D eigenvalue weighted by atomic mass is 9.92. The molecule has 1 aromatic carbocycles. The number of rotatable bonds is 3. The van der Waals surface area contributed by atoms with E-state index in [9.17, 15) is 9.59 Å². The highest BCUT2D eigenvalue weighted by molar-refractivity contribution is 9.10. The van der Waals surface area contributed by atoms with Crippen LogP contribution in [-0.4, -0.2) is 16.8 Å². The van der Waals surface area contributed by atoms with Gasteiger partial charge in [0.05, 0.1) is 6.54 Å². The average molecular weight is 377 g/mol. The molecule has 1 aromatic heterocycles. The first kappa shape index (κ1) is 15.8. The van der Waals surface area contributed by atoms with Gasteiger partial charge in [0, 0.05) is 10.0 Å². The molecular weight excluding hydrogens is 360 g/mol. The summed E-state index contributed by atoms with van der Waals surface area (Å²) in [4.78, 5) is 26.5. The molecule has 0 aliphatic carbocycles. The van der Waals surface area contributed by atoms with E-state index < -0.39 is 11.6 Å². The van der Waals surface area contributed by atoms with Gasteiger partial charge in [0.25, 0.3) is 5.91 Å². The van der Waals surface area contributed by atoms with Gasteiger partial charge in [-0.25, -0.2) is 4.79 Å². The summed E-state index contributed by atoms with van der Waals surface area (Å²) < 4.78 is 6.43. The second kappa shape index (κ2) is 5.53. The van der Waals surface area contributed by atoms with Crippen LogP contribution in [0.1, 0.15) is 29.6 Å². The minimum Gasteiger partial charge on any atom is -0.466 e. The van der Waals surface area contributed by atoms with Crippen molar-refractivity contribution in [1.82, 2.24) is 10.2 Å². The van der Waals surface area contributed by atoms with Gasteiger partial charge >= 0.3 is 6.03 Å². The Bertz CT molecular complexity index is 799. The Morgan fingerprint density at radius 1 is 1.26 bits per heavy atom. The number of amides is 3. The topological polar surface area (TPSA) is 62.6 Å². The normalized spacial score (nSPS) is 21.0. The Hall–Kier alpha value is -2.08. The van der Waals surface area contributed by atoms with E-state index in [0.717, 1.165) is 10.0 Å². The van der Waals surface area contributed by atoms with E-state index in [-0.39, 0.29) is 12.5 Å². The predicted octanol–water partition coefficient (Wildman–Crippen LogP) is 3.63. The summed E-state index contributed by atoms with van der Waals surface area (Å²) in [5.74, 6) is 1.08. The maximum Gasteiger partial charge on any atom is 0.325 e. The molecule has 2 aromatic rings. The van der Waals surface area contributed by atoms with Gasteiger partial charge in [-0.05, 0) is 44.5 Å². The number of nitrogens with zero attached hydrogens (tertiary/aromatic N) is 1. The van der Waals surface area contributed by atoms with Crippen molar-refractivity contribution in [3.8, 4) is 0 Å². The molecule has 0 spiro atoms. The lowest BCUT2D eigenvalue weighted by Crippen LogP contribution is -2.41. The predicted molar refractivity (Wildman–Crippen MR) is 88.8 cm³/mol. The lowest BCUT2D eigenvalue weighted by molar-refractivity contribution is -0.131. The average Bonchev–Trinajstić information content (AvgIpc) is 2.92. The largest absolute Gasteiger partial charge is 0.466 e. The molecule has 1 fully saturated rings. The Balaban J connectivity index is 1.92. The number of benzene rings is 1. The van der Waals surface area contributed by atoms with Gasteiger partial charge in [-0.15, -0.1) is 0 Å². The highest BCUT2D eigenvalue weighted by atomic mass is 79.9. The zero-order valence-electron chi connectivity index (χ0n) is 13.1. The fraction of sp³-hybridized carbons (Fsp3) is 0.294. The summed E-state index contributed by atoms with van der Waals surface area (Å²) in [5.41, 5.74) is 0.489. The van der Waals surface area contributed by atoms with Crippen LogP contribution in [0.2, 0.25) is 0 Å². The molecular formula is C17H17BrN2O3. The Kier molecular flexibility index (Phi) is 3.80. The SMILES string of the molecule is Cc1cc(C2(C)NC(=O)N(Cc3cccc(Br)c3)C2=O)c(C)o1. The molecule has 23 heavy (non-hydrogen) atoms. The van der Waals surface area contributed by atoms with Gasteiger partial charge < -0.3 is 9.73 Å². The summed E-state index contributed by atoms with van der Waals surface area (Å²) in [6.45, 7) is 5.56. The van der Waals surface area contributed by atoms with Crippen molar-refractivity contribution in [2.75, 3.05) is 0 Å². The van der Waals surface area contributed by atoms with Crippen molar-refractivity contribution in [2.45, 2.75) is 32.9 Å². The van der Waals surface area contributed by atoms with Crippen LogP contribution in [-0.2, 0) is 16.9 Å². The molecule has 0 saturated carbocycles. The molecule has 1 atom stereocenters. The molecule has 0 radical (unpaired) electrons. The maximum atomic E-state index is 12.9.